The molecule has 0 aliphatic heterocycles. The number of fused-ring (bicyclic) bond motifs is 1. The van der Waals surface area contributed by atoms with E-state index in [1.54, 1.807) is 18.7 Å². The zero-order valence-corrected chi connectivity index (χ0v) is 5.74. The van der Waals surface area contributed by atoms with Crippen LogP contribution in [0.5, 0.6) is 0 Å². The van der Waals surface area contributed by atoms with Gasteiger partial charge in [-0.25, -0.2) is 0 Å². The first-order valence-electron chi connectivity index (χ1n) is 2.74. The summed E-state index contributed by atoms with van der Waals surface area (Å²) in [6, 6.07) is 3.73. The van der Waals surface area contributed by atoms with Gasteiger partial charge in [0.25, 0.3) is 0 Å². The summed E-state index contributed by atoms with van der Waals surface area (Å²) in [4.78, 5) is 3.93. The van der Waals surface area contributed by atoms with Crippen molar-refractivity contribution in [3.63, 3.8) is 0 Å². The summed E-state index contributed by atoms with van der Waals surface area (Å²) in [5.74, 6) is 0. The predicted molar refractivity (Wildman–Crippen MR) is 39.8 cm³/mol. The van der Waals surface area contributed by atoms with Crippen LogP contribution in [0.4, 0.5) is 0 Å². The van der Waals surface area contributed by atoms with E-state index in [1.165, 1.54) is 0 Å². The molecule has 0 amide bonds. The van der Waals surface area contributed by atoms with E-state index in [1.807, 2.05) is 12.1 Å². The molecule has 2 heterocycles. The fourth-order valence-corrected chi connectivity index (χ4v) is 0.807. The summed E-state index contributed by atoms with van der Waals surface area (Å²) < 4.78 is 5.08. The van der Waals surface area contributed by atoms with Gasteiger partial charge in [0.05, 0.1) is 6.26 Å². The van der Waals surface area contributed by atoms with Crippen molar-refractivity contribution in [2.75, 3.05) is 0 Å². The molecule has 0 aromatic carbocycles. The molecule has 0 unspecified atom stereocenters. The fraction of sp³-hybridized carbons (Fsp3) is 0. The van der Waals surface area contributed by atoms with Gasteiger partial charge < -0.3 is 4.42 Å². The Morgan fingerprint density at radius 1 is 1.30 bits per heavy atom. The number of hydrogen-bond donors (Lipinski definition) is 0. The van der Waals surface area contributed by atoms with E-state index in [-0.39, 0.29) is 18.9 Å². The maximum Gasteiger partial charge on any atom is 0.136 e. The Kier molecular flexibility index (Phi) is 2.16. The monoisotopic (exact) mass is 126 g/mol. The van der Waals surface area contributed by atoms with Crippen LogP contribution in [0.2, 0.25) is 0 Å². The zero-order chi connectivity index (χ0) is 6.10. The summed E-state index contributed by atoms with van der Waals surface area (Å²) in [5.41, 5.74) is 0.894. The summed E-state index contributed by atoms with van der Waals surface area (Å²) in [5, 5.41) is 1.05. The molecule has 10 heavy (non-hydrogen) atoms. The number of furan rings is 1. The molecular weight excluding hydrogens is 121 g/mol. The fourth-order valence-electron chi connectivity index (χ4n) is 0.807. The molecule has 0 aliphatic rings. The van der Waals surface area contributed by atoms with Gasteiger partial charge in [-0.3, -0.25) is 4.98 Å². The Morgan fingerprint density at radius 3 is 3.00 bits per heavy atom. The predicted octanol–water partition coefficient (Wildman–Crippen LogP) is 1.45. The maximum absolute atomic E-state index is 5.08. The van der Waals surface area contributed by atoms with Crippen molar-refractivity contribution in [1.82, 2.24) is 4.98 Å². The molecule has 3 heteroatoms. The molecule has 1 radical (unpaired) electrons. The molecule has 0 fully saturated rings. The molecule has 0 atom stereocenters. The van der Waals surface area contributed by atoms with Crippen LogP contribution in [0.1, 0.15) is 0 Å². The third-order valence-electron chi connectivity index (χ3n) is 1.25. The van der Waals surface area contributed by atoms with Crippen LogP contribution in [0, 0.1) is 0 Å². The van der Waals surface area contributed by atoms with E-state index in [0.717, 1.165) is 11.0 Å². The Balaban J connectivity index is 0.000000500. The van der Waals surface area contributed by atoms with E-state index >= 15 is 0 Å². The van der Waals surface area contributed by atoms with Gasteiger partial charge >= 0.3 is 0 Å². The van der Waals surface area contributed by atoms with E-state index in [0.29, 0.717) is 0 Å². The Hall–Kier alpha value is -0.713. The Morgan fingerprint density at radius 2 is 2.20 bits per heavy atom. The van der Waals surface area contributed by atoms with Gasteiger partial charge in [-0.1, -0.05) is 0 Å². The smallest absolute Gasteiger partial charge is 0.136 e. The molecular formula is C7H5LiNO. The van der Waals surface area contributed by atoms with Crippen molar-refractivity contribution in [3.05, 3.63) is 30.8 Å². The second kappa shape index (κ2) is 2.92. The van der Waals surface area contributed by atoms with Gasteiger partial charge in [-0.05, 0) is 12.1 Å². The van der Waals surface area contributed by atoms with Gasteiger partial charge in [0.15, 0.2) is 0 Å². The van der Waals surface area contributed by atoms with Crippen LogP contribution >= 0.6 is 0 Å². The molecule has 0 saturated heterocycles. The number of aromatic nitrogens is 1. The normalized spacial score (nSPS) is 9.20. The van der Waals surface area contributed by atoms with Gasteiger partial charge in [-0.2, -0.15) is 0 Å². The first-order chi connectivity index (χ1) is 4.47. The zero-order valence-electron chi connectivity index (χ0n) is 5.74. The van der Waals surface area contributed by atoms with E-state index in [9.17, 15) is 0 Å². The van der Waals surface area contributed by atoms with Crippen molar-refractivity contribution in [2.45, 2.75) is 0 Å². The van der Waals surface area contributed by atoms with Crippen LogP contribution in [-0.2, 0) is 0 Å². The average molecular weight is 126 g/mol. The SMILES string of the molecule is [Li].c1cc2occc2cn1. The maximum atomic E-state index is 5.08. The average Bonchev–Trinajstić information content (AvgIpc) is 2.33. The molecule has 2 aromatic heterocycles. The minimum Gasteiger partial charge on any atom is -0.464 e. The third-order valence-corrected chi connectivity index (χ3v) is 1.25. The first kappa shape index (κ1) is 7.40. The van der Waals surface area contributed by atoms with Crippen molar-refractivity contribution >= 4 is 29.8 Å². The van der Waals surface area contributed by atoms with Gasteiger partial charge in [0, 0.05) is 36.6 Å². The topological polar surface area (TPSA) is 26.0 Å². The molecule has 2 aromatic rings. The summed E-state index contributed by atoms with van der Waals surface area (Å²) >= 11 is 0. The second-order valence-corrected chi connectivity index (χ2v) is 1.83. The molecule has 0 aliphatic carbocycles. The number of rotatable bonds is 0. The standard InChI is InChI=1S/C7H5NO.Li/c1-3-8-5-6-2-4-9-7(1)6;/h1-5H;. The molecule has 0 bridgehead atoms. The summed E-state index contributed by atoms with van der Waals surface area (Å²) in [7, 11) is 0. The van der Waals surface area contributed by atoms with Gasteiger partial charge in [0.2, 0.25) is 0 Å². The molecule has 2 rings (SSSR count). The van der Waals surface area contributed by atoms with Crippen LogP contribution in [-0.4, -0.2) is 23.8 Å². The number of pyridine rings is 1. The van der Waals surface area contributed by atoms with Crippen molar-refractivity contribution in [2.24, 2.45) is 0 Å². The minimum absolute atomic E-state index is 0. The second-order valence-electron chi connectivity index (χ2n) is 1.83. The first-order valence-corrected chi connectivity index (χ1v) is 2.74. The Labute approximate surface area is 70.4 Å². The molecule has 45 valence electrons. The molecule has 2 nitrogen and oxygen atoms in total. The van der Waals surface area contributed by atoms with Crippen LogP contribution < -0.4 is 0 Å². The van der Waals surface area contributed by atoms with E-state index in [4.69, 9.17) is 4.42 Å². The summed E-state index contributed by atoms with van der Waals surface area (Å²) in [6.07, 6.45) is 5.15. The van der Waals surface area contributed by atoms with Gasteiger partial charge in [-0.15, -0.1) is 0 Å². The molecule has 0 N–H and O–H groups in total. The molecule has 0 spiro atoms. The van der Waals surface area contributed by atoms with Crippen molar-refractivity contribution in [1.29, 1.82) is 0 Å². The Bertz CT molecular complexity index is 288. The van der Waals surface area contributed by atoms with E-state index in [2.05, 4.69) is 4.98 Å². The summed E-state index contributed by atoms with van der Waals surface area (Å²) in [6.45, 7) is 0. The van der Waals surface area contributed by atoms with Crippen LogP contribution in [0.25, 0.3) is 11.0 Å². The van der Waals surface area contributed by atoms with Crippen LogP contribution in [0.15, 0.2) is 35.2 Å². The third kappa shape index (κ3) is 1.09. The largest absolute Gasteiger partial charge is 0.464 e. The van der Waals surface area contributed by atoms with E-state index < -0.39 is 0 Å². The van der Waals surface area contributed by atoms with Crippen molar-refractivity contribution in [3.8, 4) is 0 Å². The number of nitrogens with zero attached hydrogens (tertiary/aromatic N) is 1. The van der Waals surface area contributed by atoms with Crippen LogP contribution in [0.3, 0.4) is 0 Å². The molecule has 0 saturated carbocycles. The minimum atomic E-state index is 0. The quantitative estimate of drug-likeness (QED) is 0.499. The van der Waals surface area contributed by atoms with Crippen molar-refractivity contribution < 1.29 is 4.42 Å². The van der Waals surface area contributed by atoms with Gasteiger partial charge in [0.1, 0.15) is 5.58 Å². The number of hydrogen-bond acceptors (Lipinski definition) is 2.